The Hall–Kier alpha value is -0.550. The number of Topliss-reactive ketones (excluding diaryl/α,β-unsaturated/α-hetero) is 1. The number of carbonyl (C=O) groups is 1. The molecule has 5 heteroatoms. The number of hydrogen-bond donors (Lipinski definition) is 0. The highest BCUT2D eigenvalue weighted by atomic mass is 32.2. The minimum atomic E-state index is 0.0221. The van der Waals surface area contributed by atoms with Crippen LogP contribution in [0.1, 0.15) is 60.7 Å². The molecule has 114 valence electrons. The van der Waals surface area contributed by atoms with Crippen LogP contribution in [-0.4, -0.2) is 32.5 Å². The summed E-state index contributed by atoms with van der Waals surface area (Å²) in [6.45, 7) is 6.53. The highest BCUT2D eigenvalue weighted by molar-refractivity contribution is 8.06. The van der Waals surface area contributed by atoms with E-state index >= 15 is 0 Å². The van der Waals surface area contributed by atoms with Crippen LogP contribution < -0.4 is 0 Å². The molecule has 0 saturated carbocycles. The van der Waals surface area contributed by atoms with E-state index in [9.17, 15) is 4.79 Å². The SMILES string of the molecule is CCC1SCCSC1c1ncc2c(n1)CC(C)(C)CC2=O. The lowest BCUT2D eigenvalue weighted by Crippen LogP contribution is -2.29. The summed E-state index contributed by atoms with van der Waals surface area (Å²) in [7, 11) is 0. The number of nitrogens with zero attached hydrogens (tertiary/aromatic N) is 2. The summed E-state index contributed by atoms with van der Waals surface area (Å²) in [4.78, 5) is 21.6. The molecule has 2 aliphatic rings. The summed E-state index contributed by atoms with van der Waals surface area (Å²) in [6, 6.07) is 0. The van der Waals surface area contributed by atoms with Gasteiger partial charge in [0.2, 0.25) is 0 Å². The Kier molecular flexibility index (Phi) is 4.33. The highest BCUT2D eigenvalue weighted by Crippen LogP contribution is 2.43. The predicted molar refractivity (Wildman–Crippen MR) is 90.2 cm³/mol. The van der Waals surface area contributed by atoms with Crippen molar-refractivity contribution < 1.29 is 4.79 Å². The third-order valence-corrected chi connectivity index (χ3v) is 7.42. The fourth-order valence-electron chi connectivity index (χ4n) is 3.13. The van der Waals surface area contributed by atoms with Crippen molar-refractivity contribution >= 4 is 29.3 Å². The Morgan fingerprint density at radius 1 is 1.29 bits per heavy atom. The van der Waals surface area contributed by atoms with E-state index in [-0.39, 0.29) is 11.2 Å². The zero-order valence-electron chi connectivity index (χ0n) is 12.9. The molecule has 2 atom stereocenters. The molecule has 0 aromatic carbocycles. The number of carbonyl (C=O) groups excluding carboxylic acids is 1. The normalized spacial score (nSPS) is 28.2. The first-order valence-electron chi connectivity index (χ1n) is 7.62. The molecule has 2 heterocycles. The first-order chi connectivity index (χ1) is 10.00. The Morgan fingerprint density at radius 2 is 2.05 bits per heavy atom. The summed E-state index contributed by atoms with van der Waals surface area (Å²) in [5.41, 5.74) is 1.74. The van der Waals surface area contributed by atoms with Crippen molar-refractivity contribution in [3.63, 3.8) is 0 Å². The first-order valence-corrected chi connectivity index (χ1v) is 9.72. The van der Waals surface area contributed by atoms with Crippen molar-refractivity contribution in [3.05, 3.63) is 23.3 Å². The maximum atomic E-state index is 12.2. The Labute approximate surface area is 135 Å². The molecule has 1 aromatic rings. The summed E-state index contributed by atoms with van der Waals surface area (Å²) in [5, 5.41) is 0.966. The summed E-state index contributed by atoms with van der Waals surface area (Å²) >= 11 is 4.01. The molecule has 0 bridgehead atoms. The van der Waals surface area contributed by atoms with Crippen LogP contribution in [0.25, 0.3) is 0 Å². The third-order valence-electron chi connectivity index (χ3n) is 4.18. The molecule has 1 aliphatic heterocycles. The molecular weight excluding hydrogens is 300 g/mol. The first kappa shape index (κ1) is 15.3. The molecule has 0 spiro atoms. The van der Waals surface area contributed by atoms with Gasteiger partial charge in [-0.05, 0) is 18.3 Å². The number of thioether (sulfide) groups is 2. The van der Waals surface area contributed by atoms with Crippen LogP contribution in [-0.2, 0) is 6.42 Å². The quantitative estimate of drug-likeness (QED) is 0.825. The van der Waals surface area contributed by atoms with Crippen molar-refractivity contribution in [1.29, 1.82) is 0 Å². The van der Waals surface area contributed by atoms with E-state index in [0.717, 1.165) is 35.7 Å². The van der Waals surface area contributed by atoms with Gasteiger partial charge >= 0.3 is 0 Å². The van der Waals surface area contributed by atoms with Gasteiger partial charge in [-0.2, -0.15) is 11.8 Å². The second kappa shape index (κ2) is 5.92. The lowest BCUT2D eigenvalue weighted by atomic mass is 9.76. The maximum absolute atomic E-state index is 12.2. The molecule has 2 unspecified atom stereocenters. The molecule has 0 N–H and O–H groups in total. The van der Waals surface area contributed by atoms with Gasteiger partial charge < -0.3 is 0 Å². The lowest BCUT2D eigenvalue weighted by Gasteiger charge is -2.32. The zero-order valence-corrected chi connectivity index (χ0v) is 14.5. The van der Waals surface area contributed by atoms with Crippen LogP contribution in [0.4, 0.5) is 0 Å². The number of aromatic nitrogens is 2. The number of hydrogen-bond acceptors (Lipinski definition) is 5. The summed E-state index contributed by atoms with van der Waals surface area (Å²) in [6.07, 6.45) is 4.41. The largest absolute Gasteiger partial charge is 0.294 e. The van der Waals surface area contributed by atoms with E-state index in [0.29, 0.717) is 16.9 Å². The molecule has 21 heavy (non-hydrogen) atoms. The smallest absolute Gasteiger partial charge is 0.166 e. The lowest BCUT2D eigenvalue weighted by molar-refractivity contribution is 0.0909. The maximum Gasteiger partial charge on any atom is 0.166 e. The topological polar surface area (TPSA) is 42.9 Å². The summed E-state index contributed by atoms with van der Waals surface area (Å²) in [5.74, 6) is 3.51. The second-order valence-electron chi connectivity index (χ2n) is 6.64. The van der Waals surface area contributed by atoms with Gasteiger partial charge in [0.25, 0.3) is 0 Å². The van der Waals surface area contributed by atoms with Crippen molar-refractivity contribution in [2.75, 3.05) is 11.5 Å². The zero-order chi connectivity index (χ0) is 15.0. The van der Waals surface area contributed by atoms with Crippen molar-refractivity contribution in [2.45, 2.75) is 50.5 Å². The van der Waals surface area contributed by atoms with E-state index in [1.54, 1.807) is 6.20 Å². The van der Waals surface area contributed by atoms with Crippen LogP contribution in [0.15, 0.2) is 6.20 Å². The molecule has 3 nitrogen and oxygen atoms in total. The number of ketones is 1. The average molecular weight is 322 g/mol. The van der Waals surface area contributed by atoms with Crippen molar-refractivity contribution in [1.82, 2.24) is 9.97 Å². The van der Waals surface area contributed by atoms with Crippen molar-refractivity contribution in [3.8, 4) is 0 Å². The van der Waals surface area contributed by atoms with E-state index in [1.165, 1.54) is 5.75 Å². The van der Waals surface area contributed by atoms with E-state index < -0.39 is 0 Å². The molecule has 0 amide bonds. The van der Waals surface area contributed by atoms with Crippen LogP contribution in [0.2, 0.25) is 0 Å². The Morgan fingerprint density at radius 3 is 2.81 bits per heavy atom. The second-order valence-corrected chi connectivity index (χ2v) is 9.23. The Balaban J connectivity index is 1.93. The molecule has 1 saturated heterocycles. The molecule has 0 radical (unpaired) electrons. The third kappa shape index (κ3) is 3.14. The van der Waals surface area contributed by atoms with E-state index in [4.69, 9.17) is 4.98 Å². The Bertz CT molecular complexity index is 559. The van der Waals surface area contributed by atoms with Gasteiger partial charge in [-0.25, -0.2) is 9.97 Å². The van der Waals surface area contributed by atoms with Crippen LogP contribution >= 0.6 is 23.5 Å². The van der Waals surface area contributed by atoms with Gasteiger partial charge in [0, 0.05) is 29.4 Å². The van der Waals surface area contributed by atoms with Gasteiger partial charge in [0.1, 0.15) is 5.82 Å². The molecule has 3 rings (SSSR count). The predicted octanol–water partition coefficient (Wildman–Crippen LogP) is 3.93. The van der Waals surface area contributed by atoms with Gasteiger partial charge in [-0.15, -0.1) is 11.8 Å². The highest BCUT2D eigenvalue weighted by Gasteiger charge is 2.34. The molecule has 1 aromatic heterocycles. The number of rotatable bonds is 2. The average Bonchev–Trinajstić information content (AvgIpc) is 2.45. The van der Waals surface area contributed by atoms with Gasteiger partial charge in [0.15, 0.2) is 5.78 Å². The van der Waals surface area contributed by atoms with E-state index in [1.807, 2.05) is 23.5 Å². The summed E-state index contributed by atoms with van der Waals surface area (Å²) < 4.78 is 0. The minimum Gasteiger partial charge on any atom is -0.294 e. The van der Waals surface area contributed by atoms with Crippen LogP contribution in [0, 0.1) is 5.41 Å². The van der Waals surface area contributed by atoms with E-state index in [2.05, 4.69) is 25.8 Å². The standard InChI is InChI=1S/C16H22N2OS2/c1-4-13-14(21-6-5-20-13)15-17-9-10-11(18-15)7-16(2,3)8-12(10)19/h9,13-14H,4-8H2,1-3H3. The monoisotopic (exact) mass is 322 g/mol. The van der Waals surface area contributed by atoms with Gasteiger partial charge in [0.05, 0.1) is 16.5 Å². The van der Waals surface area contributed by atoms with Crippen molar-refractivity contribution in [2.24, 2.45) is 5.41 Å². The molecule has 1 fully saturated rings. The fraction of sp³-hybridized carbons (Fsp3) is 0.688. The minimum absolute atomic E-state index is 0.0221. The molecular formula is C16H22N2OS2. The molecule has 1 aliphatic carbocycles. The van der Waals surface area contributed by atoms with Crippen LogP contribution in [0.5, 0.6) is 0 Å². The number of fused-ring (bicyclic) bond motifs is 1. The fourth-order valence-corrected chi connectivity index (χ4v) is 6.12. The van der Waals surface area contributed by atoms with Gasteiger partial charge in [-0.1, -0.05) is 20.8 Å². The van der Waals surface area contributed by atoms with Crippen LogP contribution in [0.3, 0.4) is 0 Å². The van der Waals surface area contributed by atoms with Gasteiger partial charge in [-0.3, -0.25) is 4.79 Å².